The van der Waals surface area contributed by atoms with Gasteiger partial charge in [0.25, 0.3) is 5.91 Å². The van der Waals surface area contributed by atoms with Crippen molar-refractivity contribution >= 4 is 55.7 Å². The van der Waals surface area contributed by atoms with Gasteiger partial charge in [-0.05, 0) is 58.1 Å². The summed E-state index contributed by atoms with van der Waals surface area (Å²) in [4.78, 5) is 12.5. The van der Waals surface area contributed by atoms with Crippen LogP contribution in [0.4, 0.5) is 0 Å². The van der Waals surface area contributed by atoms with E-state index in [-0.39, 0.29) is 22.8 Å². The summed E-state index contributed by atoms with van der Waals surface area (Å²) in [6.45, 7) is 8.58. The first-order valence-corrected chi connectivity index (χ1v) is 14.4. The van der Waals surface area contributed by atoms with Crippen molar-refractivity contribution in [1.29, 1.82) is 0 Å². The fourth-order valence-corrected chi connectivity index (χ4v) is 5.62. The van der Waals surface area contributed by atoms with E-state index in [1.165, 1.54) is 23.5 Å². The van der Waals surface area contributed by atoms with Crippen LogP contribution in [-0.2, 0) is 10.2 Å². The van der Waals surface area contributed by atoms with Gasteiger partial charge >= 0.3 is 0 Å². The summed E-state index contributed by atoms with van der Waals surface area (Å²) >= 11 is 7.92. The summed E-state index contributed by atoms with van der Waals surface area (Å²) in [7, 11) is 0. The second kappa shape index (κ2) is 11.8. The summed E-state index contributed by atoms with van der Waals surface area (Å²) in [5.74, 6) is 0.508. The SMILES string of the molecule is Cc1ccc(-n2c(SCC(=O)N/N=C/c3cc(Br)cc(Br)c3O)nnc2-c2ccc(C(C)(C)C)cc2)cc1. The number of aromatic nitrogens is 3. The summed E-state index contributed by atoms with van der Waals surface area (Å²) < 4.78 is 3.25. The predicted molar refractivity (Wildman–Crippen MR) is 160 cm³/mol. The molecule has 1 heterocycles. The second-order valence-electron chi connectivity index (χ2n) is 9.71. The first kappa shape index (κ1) is 28.1. The van der Waals surface area contributed by atoms with E-state index in [0.717, 1.165) is 21.3 Å². The number of hydrazone groups is 1. The summed E-state index contributed by atoms with van der Waals surface area (Å²) in [5.41, 5.74) is 7.24. The van der Waals surface area contributed by atoms with Gasteiger partial charge in [0.1, 0.15) is 5.75 Å². The molecule has 0 spiro atoms. The van der Waals surface area contributed by atoms with Crippen LogP contribution in [0.15, 0.2) is 79.9 Å². The molecule has 196 valence electrons. The number of nitrogens with zero attached hydrogens (tertiary/aromatic N) is 4. The van der Waals surface area contributed by atoms with Gasteiger partial charge in [-0.2, -0.15) is 5.10 Å². The van der Waals surface area contributed by atoms with Gasteiger partial charge in [0.05, 0.1) is 16.4 Å². The molecule has 0 atom stereocenters. The number of hydrogen-bond acceptors (Lipinski definition) is 6. The molecule has 2 N–H and O–H groups in total. The molecule has 0 unspecified atom stereocenters. The minimum absolute atomic E-state index is 0.0369. The molecule has 38 heavy (non-hydrogen) atoms. The van der Waals surface area contributed by atoms with E-state index in [1.54, 1.807) is 12.1 Å². The molecule has 0 aliphatic carbocycles. The number of benzene rings is 3. The van der Waals surface area contributed by atoms with Crippen molar-refractivity contribution in [2.24, 2.45) is 5.10 Å². The number of phenols is 1. The number of halogens is 2. The number of rotatable bonds is 7. The van der Waals surface area contributed by atoms with E-state index in [1.807, 2.05) is 35.8 Å². The molecule has 10 heteroatoms. The zero-order valence-corrected chi connectivity index (χ0v) is 25.4. The van der Waals surface area contributed by atoms with E-state index in [4.69, 9.17) is 0 Å². The highest BCUT2D eigenvalue weighted by atomic mass is 79.9. The minimum atomic E-state index is -0.311. The average molecular weight is 657 g/mol. The van der Waals surface area contributed by atoms with Crippen molar-refractivity contribution in [2.45, 2.75) is 38.3 Å². The molecule has 0 saturated carbocycles. The van der Waals surface area contributed by atoms with Gasteiger partial charge in [-0.25, -0.2) is 5.43 Å². The Morgan fingerprint density at radius 1 is 1.08 bits per heavy atom. The van der Waals surface area contributed by atoms with Crippen molar-refractivity contribution in [1.82, 2.24) is 20.2 Å². The van der Waals surface area contributed by atoms with Gasteiger partial charge in [-0.15, -0.1) is 10.2 Å². The van der Waals surface area contributed by atoms with Crippen LogP contribution >= 0.6 is 43.6 Å². The highest BCUT2D eigenvalue weighted by Gasteiger charge is 2.19. The lowest BCUT2D eigenvalue weighted by Crippen LogP contribution is -2.20. The third-order valence-corrected chi connectivity index (χ3v) is 7.71. The summed E-state index contributed by atoms with van der Waals surface area (Å²) in [5, 5.41) is 23.6. The van der Waals surface area contributed by atoms with Crippen LogP contribution in [-0.4, -0.2) is 37.7 Å². The maximum Gasteiger partial charge on any atom is 0.250 e. The Morgan fingerprint density at radius 2 is 1.76 bits per heavy atom. The monoisotopic (exact) mass is 655 g/mol. The number of carbonyl (C=O) groups is 1. The zero-order valence-electron chi connectivity index (χ0n) is 21.4. The molecule has 0 radical (unpaired) electrons. The molecule has 1 aromatic heterocycles. The number of nitrogens with one attached hydrogen (secondary N) is 1. The maximum absolute atomic E-state index is 12.5. The Hall–Kier alpha value is -2.95. The number of phenolic OH excluding ortho intramolecular Hbond substituents is 1. The first-order valence-electron chi connectivity index (χ1n) is 11.8. The number of hydrogen-bond donors (Lipinski definition) is 2. The second-order valence-corrected chi connectivity index (χ2v) is 12.4. The van der Waals surface area contributed by atoms with Crippen LogP contribution in [0.5, 0.6) is 5.75 Å². The maximum atomic E-state index is 12.5. The van der Waals surface area contributed by atoms with E-state index in [9.17, 15) is 9.90 Å². The van der Waals surface area contributed by atoms with E-state index in [0.29, 0.717) is 21.0 Å². The molecule has 4 rings (SSSR count). The average Bonchev–Trinajstić information content (AvgIpc) is 3.29. The smallest absolute Gasteiger partial charge is 0.250 e. The third kappa shape index (κ3) is 6.73. The fourth-order valence-electron chi connectivity index (χ4n) is 3.62. The highest BCUT2D eigenvalue weighted by Crippen LogP contribution is 2.31. The van der Waals surface area contributed by atoms with Gasteiger partial charge in [0.2, 0.25) is 0 Å². The Kier molecular flexibility index (Phi) is 8.74. The van der Waals surface area contributed by atoms with Crippen LogP contribution in [0.1, 0.15) is 37.5 Å². The van der Waals surface area contributed by atoms with Gasteiger partial charge in [0, 0.05) is 21.3 Å². The molecule has 0 aliphatic rings. The van der Waals surface area contributed by atoms with Gasteiger partial charge in [-0.1, -0.05) is 90.4 Å². The lowest BCUT2D eigenvalue weighted by atomic mass is 9.87. The third-order valence-electron chi connectivity index (χ3n) is 5.72. The Morgan fingerprint density at radius 3 is 2.42 bits per heavy atom. The number of amides is 1. The van der Waals surface area contributed by atoms with Crippen molar-refractivity contribution in [2.75, 3.05) is 5.75 Å². The number of thioether (sulfide) groups is 1. The van der Waals surface area contributed by atoms with Crippen molar-refractivity contribution in [3.05, 3.63) is 86.3 Å². The molecular weight excluding hydrogens is 630 g/mol. The van der Waals surface area contributed by atoms with Crippen LogP contribution in [0.25, 0.3) is 17.1 Å². The molecule has 0 saturated heterocycles. The minimum Gasteiger partial charge on any atom is -0.506 e. The lowest BCUT2D eigenvalue weighted by molar-refractivity contribution is -0.118. The van der Waals surface area contributed by atoms with Crippen LogP contribution < -0.4 is 5.43 Å². The molecule has 1 amide bonds. The topological polar surface area (TPSA) is 92.4 Å². The molecule has 0 aliphatic heterocycles. The van der Waals surface area contributed by atoms with Crippen molar-refractivity contribution < 1.29 is 9.90 Å². The largest absolute Gasteiger partial charge is 0.506 e. The predicted octanol–water partition coefficient (Wildman–Crippen LogP) is 7.01. The number of aryl methyl sites for hydroxylation is 1. The lowest BCUT2D eigenvalue weighted by Gasteiger charge is -2.19. The fraction of sp³-hybridized carbons (Fsp3) is 0.214. The van der Waals surface area contributed by atoms with Gasteiger partial charge < -0.3 is 5.11 Å². The quantitative estimate of drug-likeness (QED) is 0.127. The zero-order chi connectivity index (χ0) is 27.4. The normalized spacial score (nSPS) is 11.7. The Labute approximate surface area is 243 Å². The number of aromatic hydroxyl groups is 1. The standard InChI is InChI=1S/C28H27Br2N5O2S/c1-17-5-11-22(12-6-17)35-26(18-7-9-20(10-8-18)28(2,3)4)33-34-27(35)38-16-24(36)32-31-15-19-13-21(29)14-23(30)25(19)37/h5-15,37H,16H2,1-4H3,(H,32,36)/b31-15+. The van der Waals surface area contributed by atoms with Gasteiger partial charge in [0.15, 0.2) is 11.0 Å². The van der Waals surface area contributed by atoms with E-state index in [2.05, 4.69) is 97.6 Å². The molecule has 4 aromatic rings. The highest BCUT2D eigenvalue weighted by molar-refractivity contribution is 9.11. The summed E-state index contributed by atoms with van der Waals surface area (Å²) in [6.07, 6.45) is 1.39. The van der Waals surface area contributed by atoms with Crippen molar-refractivity contribution in [3.8, 4) is 22.8 Å². The number of carbonyl (C=O) groups excluding carboxylic acids is 1. The molecule has 0 fully saturated rings. The molecule has 0 bridgehead atoms. The van der Waals surface area contributed by atoms with Crippen molar-refractivity contribution in [3.63, 3.8) is 0 Å². The van der Waals surface area contributed by atoms with E-state index >= 15 is 0 Å². The molecular formula is C28H27Br2N5O2S. The molecule has 7 nitrogen and oxygen atoms in total. The first-order chi connectivity index (χ1) is 18.0. The van der Waals surface area contributed by atoms with Gasteiger partial charge in [-0.3, -0.25) is 9.36 Å². The molecule has 3 aromatic carbocycles. The van der Waals surface area contributed by atoms with E-state index < -0.39 is 0 Å². The van der Waals surface area contributed by atoms with Crippen LogP contribution in [0.2, 0.25) is 0 Å². The Bertz CT molecular complexity index is 1480. The van der Waals surface area contributed by atoms with Crippen LogP contribution in [0, 0.1) is 6.92 Å². The van der Waals surface area contributed by atoms with Crippen LogP contribution in [0.3, 0.4) is 0 Å². The summed E-state index contributed by atoms with van der Waals surface area (Å²) in [6, 6.07) is 19.9. The Balaban J connectivity index is 1.54.